The van der Waals surface area contributed by atoms with E-state index in [9.17, 15) is 13.2 Å². The Morgan fingerprint density at radius 3 is 2.35 bits per heavy atom. The normalized spacial score (nSPS) is 11.8. The molecule has 0 spiro atoms. The minimum Gasteiger partial charge on any atom is -0.270 e. The molecule has 0 aliphatic rings. The predicted molar refractivity (Wildman–Crippen MR) is 91.8 cm³/mol. The van der Waals surface area contributed by atoms with E-state index in [1.54, 1.807) is 43.3 Å². The number of aromatic nitrogens is 4. The van der Waals surface area contributed by atoms with Crippen LogP contribution in [0.25, 0.3) is 28.1 Å². The fourth-order valence-electron chi connectivity index (χ4n) is 2.87. The van der Waals surface area contributed by atoms with E-state index < -0.39 is 12.0 Å². The maximum atomic E-state index is 13.5. The summed E-state index contributed by atoms with van der Waals surface area (Å²) >= 11 is 0. The molecule has 0 atom stereocenters. The molecule has 4 rings (SSSR count). The molecule has 7 heteroatoms. The van der Waals surface area contributed by atoms with E-state index in [4.69, 9.17) is 0 Å². The molecular weight excluding hydrogens is 341 g/mol. The van der Waals surface area contributed by atoms with Crippen molar-refractivity contribution in [3.05, 3.63) is 72.1 Å². The highest BCUT2D eigenvalue weighted by Crippen LogP contribution is 2.34. The van der Waals surface area contributed by atoms with E-state index in [0.29, 0.717) is 22.5 Å². The molecule has 0 saturated carbocycles. The van der Waals surface area contributed by atoms with Gasteiger partial charge in [0.2, 0.25) is 5.82 Å². The number of aryl methyl sites for hydroxylation is 1. The van der Waals surface area contributed by atoms with Gasteiger partial charge in [-0.25, -0.2) is 4.98 Å². The number of pyridine rings is 1. The number of halogens is 3. The molecule has 4 aromatic rings. The summed E-state index contributed by atoms with van der Waals surface area (Å²) in [5.41, 5.74) is 2.06. The monoisotopic (exact) mass is 354 g/mol. The SMILES string of the molecule is Cc1ccccc1-n1c(-c2ccc3ccccc3n2)nnc1C(F)(F)F. The molecule has 26 heavy (non-hydrogen) atoms. The first-order valence-electron chi connectivity index (χ1n) is 7.90. The lowest BCUT2D eigenvalue weighted by Gasteiger charge is -2.14. The van der Waals surface area contributed by atoms with E-state index in [1.165, 1.54) is 0 Å². The minimum atomic E-state index is -4.63. The molecule has 0 fully saturated rings. The van der Waals surface area contributed by atoms with Crippen LogP contribution in [0.5, 0.6) is 0 Å². The zero-order chi connectivity index (χ0) is 18.3. The third kappa shape index (κ3) is 2.71. The molecule has 0 aliphatic heterocycles. The first-order valence-corrected chi connectivity index (χ1v) is 7.90. The lowest BCUT2D eigenvalue weighted by atomic mass is 10.1. The highest BCUT2D eigenvalue weighted by molar-refractivity contribution is 5.80. The highest BCUT2D eigenvalue weighted by Gasteiger charge is 2.39. The van der Waals surface area contributed by atoms with Crippen LogP contribution in [0, 0.1) is 6.92 Å². The topological polar surface area (TPSA) is 43.6 Å². The lowest BCUT2D eigenvalue weighted by molar-refractivity contribution is -0.146. The zero-order valence-electron chi connectivity index (χ0n) is 13.7. The summed E-state index contributed by atoms with van der Waals surface area (Å²) in [6, 6.07) is 17.7. The van der Waals surface area contributed by atoms with Gasteiger partial charge in [-0.15, -0.1) is 10.2 Å². The quantitative estimate of drug-likeness (QED) is 0.519. The van der Waals surface area contributed by atoms with Gasteiger partial charge >= 0.3 is 6.18 Å². The Morgan fingerprint density at radius 1 is 0.846 bits per heavy atom. The molecule has 2 heterocycles. The van der Waals surface area contributed by atoms with Gasteiger partial charge in [-0.3, -0.25) is 4.57 Å². The van der Waals surface area contributed by atoms with Gasteiger partial charge < -0.3 is 0 Å². The van der Waals surface area contributed by atoms with E-state index in [-0.39, 0.29) is 5.82 Å². The Morgan fingerprint density at radius 2 is 1.58 bits per heavy atom. The predicted octanol–water partition coefficient (Wildman–Crippen LogP) is 4.81. The van der Waals surface area contributed by atoms with E-state index in [2.05, 4.69) is 15.2 Å². The smallest absolute Gasteiger partial charge is 0.270 e. The molecule has 0 bridgehead atoms. The van der Waals surface area contributed by atoms with Gasteiger partial charge in [-0.05, 0) is 30.7 Å². The van der Waals surface area contributed by atoms with Gasteiger partial charge in [0.15, 0.2) is 5.82 Å². The molecule has 0 amide bonds. The molecule has 0 aliphatic carbocycles. The maximum Gasteiger partial charge on any atom is 0.452 e. The fraction of sp³-hybridized carbons (Fsp3) is 0.105. The summed E-state index contributed by atoms with van der Waals surface area (Å²) in [5.74, 6) is -1.02. The average Bonchev–Trinajstić information content (AvgIpc) is 3.07. The van der Waals surface area contributed by atoms with Crippen molar-refractivity contribution in [2.45, 2.75) is 13.1 Å². The first-order chi connectivity index (χ1) is 12.4. The lowest BCUT2D eigenvalue weighted by Crippen LogP contribution is -2.15. The van der Waals surface area contributed by atoms with Crippen molar-refractivity contribution in [1.29, 1.82) is 0 Å². The molecular formula is C19H13F3N4. The zero-order valence-corrected chi connectivity index (χ0v) is 13.7. The molecule has 2 aromatic carbocycles. The summed E-state index contributed by atoms with van der Waals surface area (Å²) in [4.78, 5) is 4.47. The molecule has 130 valence electrons. The Balaban J connectivity index is 1.99. The summed E-state index contributed by atoms with van der Waals surface area (Å²) in [6.07, 6.45) is -4.63. The third-order valence-corrected chi connectivity index (χ3v) is 4.10. The molecule has 4 nitrogen and oxygen atoms in total. The van der Waals surface area contributed by atoms with E-state index in [1.807, 2.05) is 24.3 Å². The van der Waals surface area contributed by atoms with Crippen LogP contribution in [0.2, 0.25) is 0 Å². The number of benzene rings is 2. The van der Waals surface area contributed by atoms with Crippen molar-refractivity contribution >= 4 is 10.9 Å². The second kappa shape index (κ2) is 5.94. The van der Waals surface area contributed by atoms with Crippen molar-refractivity contribution in [3.8, 4) is 17.2 Å². The molecule has 0 saturated heterocycles. The number of rotatable bonds is 2. The molecule has 0 radical (unpaired) electrons. The van der Waals surface area contributed by atoms with Crippen molar-refractivity contribution in [1.82, 2.24) is 19.7 Å². The summed E-state index contributed by atoms with van der Waals surface area (Å²) in [7, 11) is 0. The maximum absolute atomic E-state index is 13.5. The van der Waals surface area contributed by atoms with Crippen LogP contribution in [0.1, 0.15) is 11.4 Å². The van der Waals surface area contributed by atoms with E-state index in [0.717, 1.165) is 9.95 Å². The van der Waals surface area contributed by atoms with Gasteiger partial charge in [-0.1, -0.05) is 42.5 Å². The molecule has 0 unspecified atom stereocenters. The average molecular weight is 354 g/mol. The molecule has 2 aromatic heterocycles. The number of hydrogen-bond acceptors (Lipinski definition) is 3. The van der Waals surface area contributed by atoms with Crippen LogP contribution in [0.4, 0.5) is 13.2 Å². The Kier molecular flexibility index (Phi) is 3.72. The number of alkyl halides is 3. The number of nitrogens with zero attached hydrogens (tertiary/aromatic N) is 4. The van der Waals surface area contributed by atoms with Crippen LogP contribution < -0.4 is 0 Å². The van der Waals surface area contributed by atoms with Gasteiger partial charge in [0.25, 0.3) is 0 Å². The second-order valence-electron chi connectivity index (χ2n) is 5.86. The van der Waals surface area contributed by atoms with Crippen molar-refractivity contribution < 1.29 is 13.2 Å². The second-order valence-corrected chi connectivity index (χ2v) is 5.86. The summed E-state index contributed by atoms with van der Waals surface area (Å²) in [6.45, 7) is 1.74. The Bertz CT molecular complexity index is 1100. The van der Waals surface area contributed by atoms with E-state index >= 15 is 0 Å². The van der Waals surface area contributed by atoms with Crippen molar-refractivity contribution in [3.63, 3.8) is 0 Å². The fourth-order valence-corrected chi connectivity index (χ4v) is 2.87. The van der Waals surface area contributed by atoms with Gasteiger partial charge in [0.05, 0.1) is 11.2 Å². The minimum absolute atomic E-state index is 0.0531. The summed E-state index contributed by atoms with van der Waals surface area (Å²) in [5, 5.41) is 8.11. The molecule has 0 N–H and O–H groups in total. The number of fused-ring (bicyclic) bond motifs is 1. The van der Waals surface area contributed by atoms with Crippen molar-refractivity contribution in [2.75, 3.05) is 0 Å². The summed E-state index contributed by atoms with van der Waals surface area (Å²) < 4.78 is 41.5. The van der Waals surface area contributed by atoms with Gasteiger partial charge in [0, 0.05) is 5.39 Å². The van der Waals surface area contributed by atoms with Gasteiger partial charge in [-0.2, -0.15) is 13.2 Å². The Labute approximate surface area is 147 Å². The Hall–Kier alpha value is -3.22. The number of hydrogen-bond donors (Lipinski definition) is 0. The largest absolute Gasteiger partial charge is 0.452 e. The van der Waals surface area contributed by atoms with Crippen LogP contribution in [0.15, 0.2) is 60.7 Å². The van der Waals surface area contributed by atoms with Crippen LogP contribution in [-0.2, 0) is 6.18 Å². The standard InChI is InChI=1S/C19H13F3N4/c1-12-6-2-5-9-16(12)26-17(24-25-18(26)19(20,21)22)15-11-10-13-7-3-4-8-14(13)23-15/h2-11H,1H3. The number of para-hydroxylation sites is 2. The first kappa shape index (κ1) is 16.3. The van der Waals surface area contributed by atoms with Crippen LogP contribution >= 0.6 is 0 Å². The van der Waals surface area contributed by atoms with Crippen molar-refractivity contribution in [2.24, 2.45) is 0 Å². The third-order valence-electron chi connectivity index (χ3n) is 4.10. The van der Waals surface area contributed by atoms with Crippen LogP contribution in [0.3, 0.4) is 0 Å². The van der Waals surface area contributed by atoms with Gasteiger partial charge in [0.1, 0.15) is 5.69 Å². The highest BCUT2D eigenvalue weighted by atomic mass is 19.4. The van der Waals surface area contributed by atoms with Crippen LogP contribution in [-0.4, -0.2) is 19.7 Å².